The topological polar surface area (TPSA) is 128 Å². The zero-order valence-corrected chi connectivity index (χ0v) is 21.3. The summed E-state index contributed by atoms with van der Waals surface area (Å²) in [6.45, 7) is 11.5. The summed E-state index contributed by atoms with van der Waals surface area (Å²) in [5.74, 6) is -1.62. The highest BCUT2D eigenvalue weighted by molar-refractivity contribution is 6.41. The molecule has 0 unspecified atom stereocenters. The molecule has 0 radical (unpaired) electrons. The third-order valence-electron chi connectivity index (χ3n) is 5.17. The predicted octanol–water partition coefficient (Wildman–Crippen LogP) is 3.37. The largest absolute Gasteiger partial charge is 0.445 e. The van der Waals surface area contributed by atoms with E-state index in [-0.39, 0.29) is 30.8 Å². The molecule has 1 aromatic rings. The summed E-state index contributed by atoms with van der Waals surface area (Å²) >= 11 is 0. The van der Waals surface area contributed by atoms with Crippen LogP contribution in [0.1, 0.15) is 66.4 Å². The van der Waals surface area contributed by atoms with E-state index in [1.165, 1.54) is 0 Å². The van der Waals surface area contributed by atoms with Gasteiger partial charge in [-0.3, -0.25) is 14.4 Å². The normalized spacial score (nSPS) is 13.9. The molecule has 0 saturated carbocycles. The Kier molecular flexibility index (Phi) is 12.5. The lowest BCUT2D eigenvalue weighted by molar-refractivity contribution is -0.140. The van der Waals surface area contributed by atoms with E-state index in [0.29, 0.717) is 12.8 Å². The highest BCUT2D eigenvalue weighted by atomic mass is 16.5. The molecule has 4 N–H and O–H groups in total. The molecule has 8 heteroatoms. The maximum absolute atomic E-state index is 13.1. The molecule has 8 nitrogen and oxygen atoms in total. The minimum absolute atomic E-state index is 0.0516. The third-order valence-corrected chi connectivity index (χ3v) is 5.17. The van der Waals surface area contributed by atoms with E-state index in [2.05, 4.69) is 10.6 Å². The first kappa shape index (κ1) is 29.3. The van der Waals surface area contributed by atoms with Crippen LogP contribution in [0.4, 0.5) is 4.79 Å². The fourth-order valence-corrected chi connectivity index (χ4v) is 3.55. The number of amides is 2. The first-order chi connectivity index (χ1) is 15.9. The molecule has 0 aromatic heterocycles. The quantitative estimate of drug-likeness (QED) is 0.354. The van der Waals surface area contributed by atoms with Crippen LogP contribution in [0.25, 0.3) is 0 Å². The second kappa shape index (κ2) is 14.5. The Balaban J connectivity index is 2.88. The predicted molar refractivity (Wildman–Crippen MR) is 132 cm³/mol. The summed E-state index contributed by atoms with van der Waals surface area (Å²) in [5, 5.41) is 5.29. The Morgan fingerprint density at radius 3 is 1.82 bits per heavy atom. The molecule has 0 saturated heterocycles. The molecule has 0 spiro atoms. The van der Waals surface area contributed by atoms with Crippen molar-refractivity contribution < 1.29 is 23.9 Å². The van der Waals surface area contributed by atoms with Crippen LogP contribution in [-0.2, 0) is 25.7 Å². The molecule has 1 aromatic carbocycles. The third kappa shape index (κ3) is 10.9. The van der Waals surface area contributed by atoms with E-state index >= 15 is 0 Å². The molecule has 2 amide bonds. The summed E-state index contributed by atoms with van der Waals surface area (Å²) in [6, 6.07) is 6.38. The van der Waals surface area contributed by atoms with Gasteiger partial charge < -0.3 is 21.1 Å². The second-order valence-electron chi connectivity index (χ2n) is 10.0. The first-order valence-electron chi connectivity index (χ1n) is 12.0. The fourth-order valence-electron chi connectivity index (χ4n) is 3.55. The van der Waals surface area contributed by atoms with E-state index in [1.54, 1.807) is 0 Å². The van der Waals surface area contributed by atoms with Gasteiger partial charge in [-0.15, -0.1) is 0 Å². The molecule has 0 fully saturated rings. The number of hydrogen-bond acceptors (Lipinski definition) is 6. The lowest BCUT2D eigenvalue weighted by Crippen LogP contribution is -2.55. The number of ketones is 2. The SMILES string of the molecule is CC(C)C[C@H](NC(=O)OCc1ccccc1)C(=O)N[C@@H](CC(C)C)C(=O)C(=O)[C@@H](N)CC(C)C. The van der Waals surface area contributed by atoms with Gasteiger partial charge in [0.2, 0.25) is 17.5 Å². The minimum Gasteiger partial charge on any atom is -0.445 e. The Labute approximate surface area is 203 Å². The van der Waals surface area contributed by atoms with Crippen LogP contribution in [0.3, 0.4) is 0 Å². The van der Waals surface area contributed by atoms with Crippen molar-refractivity contribution in [3.8, 4) is 0 Å². The van der Waals surface area contributed by atoms with E-state index < -0.39 is 41.7 Å². The van der Waals surface area contributed by atoms with Crippen molar-refractivity contribution >= 4 is 23.6 Å². The molecule has 0 heterocycles. The van der Waals surface area contributed by atoms with Crippen LogP contribution >= 0.6 is 0 Å². The highest BCUT2D eigenvalue weighted by Crippen LogP contribution is 2.12. The van der Waals surface area contributed by atoms with Crippen LogP contribution < -0.4 is 16.4 Å². The van der Waals surface area contributed by atoms with Gasteiger partial charge in [-0.25, -0.2) is 4.79 Å². The lowest BCUT2D eigenvalue weighted by Gasteiger charge is -2.25. The molecule has 0 aliphatic rings. The number of nitrogens with one attached hydrogen (secondary N) is 2. The van der Waals surface area contributed by atoms with Crippen molar-refractivity contribution in [3.05, 3.63) is 35.9 Å². The Hall–Kier alpha value is -2.74. The standard InChI is InChI=1S/C26H41N3O5/c1-16(2)12-20(27)23(30)24(31)21(13-17(3)4)28-25(32)22(14-18(5)6)29-26(33)34-15-19-10-8-7-9-11-19/h7-11,16-18,20-22H,12-15,27H2,1-6H3,(H,28,32)(H,29,33)/t20-,21-,22-/m0/s1. The molecule has 1 rings (SSSR count). The molecule has 0 aliphatic carbocycles. The molecular formula is C26H41N3O5. The van der Waals surface area contributed by atoms with Crippen molar-refractivity contribution in [2.45, 2.75) is 85.5 Å². The molecular weight excluding hydrogens is 434 g/mol. The number of carbonyl (C=O) groups is 4. The monoisotopic (exact) mass is 475 g/mol. The van der Waals surface area contributed by atoms with Crippen molar-refractivity contribution in [3.63, 3.8) is 0 Å². The molecule has 0 aliphatic heterocycles. The van der Waals surface area contributed by atoms with Crippen molar-refractivity contribution in [1.29, 1.82) is 0 Å². The average Bonchev–Trinajstić information content (AvgIpc) is 2.75. The van der Waals surface area contributed by atoms with Gasteiger partial charge in [0, 0.05) is 0 Å². The van der Waals surface area contributed by atoms with Crippen LogP contribution in [-0.4, -0.2) is 41.7 Å². The Morgan fingerprint density at radius 2 is 1.29 bits per heavy atom. The zero-order chi connectivity index (χ0) is 25.8. The van der Waals surface area contributed by atoms with E-state index in [1.807, 2.05) is 71.9 Å². The van der Waals surface area contributed by atoms with E-state index in [0.717, 1.165) is 5.56 Å². The number of Topliss-reactive ketones (excluding diaryl/α,β-unsaturated/α-hetero) is 2. The van der Waals surface area contributed by atoms with Crippen molar-refractivity contribution in [2.24, 2.45) is 23.5 Å². The summed E-state index contributed by atoms with van der Waals surface area (Å²) in [6.07, 6.45) is 0.289. The van der Waals surface area contributed by atoms with Crippen LogP contribution in [0.5, 0.6) is 0 Å². The number of alkyl carbamates (subject to hydrolysis) is 1. The molecule has 190 valence electrons. The van der Waals surface area contributed by atoms with Gasteiger partial charge in [0.1, 0.15) is 12.6 Å². The number of hydrogen-bond donors (Lipinski definition) is 3. The Bertz CT molecular complexity index is 808. The maximum atomic E-state index is 13.1. The van der Waals surface area contributed by atoms with Gasteiger partial charge in [0.15, 0.2) is 0 Å². The Morgan fingerprint density at radius 1 is 0.765 bits per heavy atom. The van der Waals surface area contributed by atoms with Gasteiger partial charge in [-0.05, 0) is 42.6 Å². The van der Waals surface area contributed by atoms with Crippen LogP contribution in [0, 0.1) is 17.8 Å². The number of rotatable bonds is 14. The van der Waals surface area contributed by atoms with Crippen molar-refractivity contribution in [2.75, 3.05) is 0 Å². The fraction of sp³-hybridized carbons (Fsp3) is 0.615. The smallest absolute Gasteiger partial charge is 0.408 e. The van der Waals surface area contributed by atoms with Crippen molar-refractivity contribution in [1.82, 2.24) is 10.6 Å². The maximum Gasteiger partial charge on any atom is 0.408 e. The number of benzene rings is 1. The summed E-state index contributed by atoms with van der Waals surface area (Å²) in [7, 11) is 0. The summed E-state index contributed by atoms with van der Waals surface area (Å²) in [4.78, 5) is 51.0. The number of carbonyl (C=O) groups excluding carboxylic acids is 4. The average molecular weight is 476 g/mol. The van der Waals surface area contributed by atoms with Crippen LogP contribution in [0.15, 0.2) is 30.3 Å². The van der Waals surface area contributed by atoms with Gasteiger partial charge in [-0.1, -0.05) is 71.9 Å². The number of nitrogens with two attached hydrogens (primary N) is 1. The first-order valence-corrected chi connectivity index (χ1v) is 12.0. The highest BCUT2D eigenvalue weighted by Gasteiger charge is 2.33. The molecule has 34 heavy (non-hydrogen) atoms. The van der Waals surface area contributed by atoms with Gasteiger partial charge >= 0.3 is 6.09 Å². The van der Waals surface area contributed by atoms with Gasteiger partial charge in [0.25, 0.3) is 0 Å². The van der Waals surface area contributed by atoms with E-state index in [9.17, 15) is 19.2 Å². The molecule has 3 atom stereocenters. The minimum atomic E-state index is -1.00. The van der Waals surface area contributed by atoms with E-state index in [4.69, 9.17) is 10.5 Å². The second-order valence-corrected chi connectivity index (χ2v) is 10.0. The summed E-state index contributed by atoms with van der Waals surface area (Å²) in [5.41, 5.74) is 6.76. The van der Waals surface area contributed by atoms with Crippen LogP contribution in [0.2, 0.25) is 0 Å². The van der Waals surface area contributed by atoms with Gasteiger partial charge in [-0.2, -0.15) is 0 Å². The molecule has 0 bridgehead atoms. The summed E-state index contributed by atoms with van der Waals surface area (Å²) < 4.78 is 5.25. The van der Waals surface area contributed by atoms with Gasteiger partial charge in [0.05, 0.1) is 12.1 Å². The lowest BCUT2D eigenvalue weighted by atomic mass is 9.92. The number of ether oxygens (including phenoxy) is 1. The zero-order valence-electron chi connectivity index (χ0n) is 21.3.